The first kappa shape index (κ1) is 19.9. The highest BCUT2D eigenvalue weighted by Crippen LogP contribution is 2.31. The molecule has 1 unspecified atom stereocenters. The Bertz CT molecular complexity index is 777. The number of hydrogen-bond donors (Lipinski definition) is 1. The Kier molecular flexibility index (Phi) is 6.77. The first-order valence-electron chi connectivity index (χ1n) is 8.37. The van der Waals surface area contributed by atoms with Crippen molar-refractivity contribution in [1.82, 2.24) is 10.2 Å². The van der Waals surface area contributed by atoms with E-state index >= 15 is 0 Å². The highest BCUT2D eigenvalue weighted by molar-refractivity contribution is 5.98. The molecule has 138 valence electrons. The molecule has 1 fully saturated rings. The zero-order chi connectivity index (χ0) is 17.8. The van der Waals surface area contributed by atoms with Crippen LogP contribution < -0.4 is 10.1 Å². The smallest absolute Gasteiger partial charge is 0.254 e. The van der Waals surface area contributed by atoms with Gasteiger partial charge in [-0.05, 0) is 25.1 Å². The van der Waals surface area contributed by atoms with E-state index in [1.54, 1.807) is 31.4 Å². The number of piperazine rings is 1. The van der Waals surface area contributed by atoms with Gasteiger partial charge >= 0.3 is 0 Å². The molecule has 5 nitrogen and oxygen atoms in total. The average Bonchev–Trinajstić information content (AvgIpc) is 2.67. The Morgan fingerprint density at radius 3 is 2.38 bits per heavy atom. The van der Waals surface area contributed by atoms with Crippen LogP contribution in [-0.2, 0) is 0 Å². The van der Waals surface area contributed by atoms with E-state index in [0.717, 1.165) is 17.9 Å². The van der Waals surface area contributed by atoms with Crippen molar-refractivity contribution >= 4 is 24.1 Å². The summed E-state index contributed by atoms with van der Waals surface area (Å²) in [4.78, 5) is 26.3. The van der Waals surface area contributed by atoms with Crippen LogP contribution in [0.1, 0.15) is 39.2 Å². The van der Waals surface area contributed by atoms with Crippen molar-refractivity contribution in [3.8, 4) is 5.75 Å². The molecule has 1 heterocycles. The molecule has 1 aliphatic heterocycles. The molecule has 6 heteroatoms. The number of nitrogens with one attached hydrogen (secondary N) is 1. The van der Waals surface area contributed by atoms with Crippen LogP contribution in [0.25, 0.3) is 0 Å². The number of methoxy groups -OCH3 is 1. The van der Waals surface area contributed by atoms with E-state index in [1.807, 2.05) is 29.2 Å². The van der Waals surface area contributed by atoms with Gasteiger partial charge in [-0.3, -0.25) is 9.59 Å². The summed E-state index contributed by atoms with van der Waals surface area (Å²) in [6.45, 7) is 3.57. The molecule has 1 atom stereocenters. The van der Waals surface area contributed by atoms with Crippen molar-refractivity contribution in [2.45, 2.75) is 13.0 Å². The minimum Gasteiger partial charge on any atom is -0.496 e. The van der Waals surface area contributed by atoms with Crippen LogP contribution in [0.4, 0.5) is 0 Å². The SMILES string of the molecule is COc1ccccc1C1CNCCN1C(=O)c1ccc(C(C)=O)cc1.Cl. The third-order valence-corrected chi connectivity index (χ3v) is 4.54. The van der Waals surface area contributed by atoms with Gasteiger partial charge in [-0.1, -0.05) is 30.3 Å². The second-order valence-corrected chi connectivity index (χ2v) is 6.09. The number of benzene rings is 2. The molecule has 0 radical (unpaired) electrons. The maximum absolute atomic E-state index is 13.0. The minimum absolute atomic E-state index is 0. The summed E-state index contributed by atoms with van der Waals surface area (Å²) >= 11 is 0. The molecule has 0 aliphatic carbocycles. The minimum atomic E-state index is -0.0927. The first-order chi connectivity index (χ1) is 12.1. The lowest BCUT2D eigenvalue weighted by Crippen LogP contribution is -2.48. The van der Waals surface area contributed by atoms with Crippen molar-refractivity contribution in [2.75, 3.05) is 26.7 Å². The highest BCUT2D eigenvalue weighted by atomic mass is 35.5. The molecule has 1 saturated heterocycles. The number of halogens is 1. The monoisotopic (exact) mass is 374 g/mol. The van der Waals surface area contributed by atoms with Crippen LogP contribution in [0.15, 0.2) is 48.5 Å². The largest absolute Gasteiger partial charge is 0.496 e. The summed E-state index contributed by atoms with van der Waals surface area (Å²) < 4.78 is 5.47. The number of amides is 1. The molecule has 0 spiro atoms. The van der Waals surface area contributed by atoms with Crippen LogP contribution in [0.3, 0.4) is 0 Å². The molecule has 0 bridgehead atoms. The zero-order valence-electron chi connectivity index (χ0n) is 14.9. The number of Topliss-reactive ketones (excluding diaryl/α,β-unsaturated/α-hetero) is 1. The molecular weight excluding hydrogens is 352 g/mol. The van der Waals surface area contributed by atoms with Gasteiger partial charge in [0.2, 0.25) is 0 Å². The number of nitrogens with zero attached hydrogens (tertiary/aromatic N) is 1. The molecule has 0 aromatic heterocycles. The van der Waals surface area contributed by atoms with Crippen LogP contribution in [-0.4, -0.2) is 43.3 Å². The lowest BCUT2D eigenvalue weighted by atomic mass is 10.0. The Hall–Kier alpha value is -2.37. The van der Waals surface area contributed by atoms with Gasteiger partial charge in [0.1, 0.15) is 5.75 Å². The van der Waals surface area contributed by atoms with Crippen LogP contribution in [0, 0.1) is 0 Å². The number of carbonyl (C=O) groups excluding carboxylic acids is 2. The molecule has 26 heavy (non-hydrogen) atoms. The number of rotatable bonds is 4. The van der Waals surface area contributed by atoms with Gasteiger partial charge in [0.15, 0.2) is 5.78 Å². The summed E-state index contributed by atoms with van der Waals surface area (Å²) in [6, 6.07) is 14.5. The fourth-order valence-electron chi connectivity index (χ4n) is 3.18. The summed E-state index contributed by atoms with van der Waals surface area (Å²) in [5.41, 5.74) is 2.19. The number of para-hydroxylation sites is 1. The number of ether oxygens (including phenoxy) is 1. The van der Waals surface area contributed by atoms with Crippen LogP contribution in [0.2, 0.25) is 0 Å². The fourth-order valence-corrected chi connectivity index (χ4v) is 3.18. The standard InChI is InChI=1S/C20H22N2O3.ClH/c1-14(23)15-7-9-16(10-8-15)20(24)22-12-11-21-13-18(22)17-5-3-4-6-19(17)25-2;/h3-10,18,21H,11-13H2,1-2H3;1H. The van der Waals surface area contributed by atoms with E-state index < -0.39 is 0 Å². The van der Waals surface area contributed by atoms with E-state index in [9.17, 15) is 9.59 Å². The van der Waals surface area contributed by atoms with E-state index in [4.69, 9.17) is 4.74 Å². The van der Waals surface area contributed by atoms with E-state index in [2.05, 4.69) is 5.32 Å². The maximum Gasteiger partial charge on any atom is 0.254 e. The summed E-state index contributed by atoms with van der Waals surface area (Å²) in [5, 5.41) is 3.35. The predicted octanol–water partition coefficient (Wildman–Crippen LogP) is 3.11. The van der Waals surface area contributed by atoms with Gasteiger partial charge in [-0.25, -0.2) is 0 Å². The second kappa shape index (κ2) is 8.83. The number of ketones is 1. The van der Waals surface area contributed by atoms with E-state index in [1.165, 1.54) is 6.92 Å². The van der Waals surface area contributed by atoms with Gasteiger partial charge in [0, 0.05) is 36.3 Å². The Labute approximate surface area is 159 Å². The van der Waals surface area contributed by atoms with Crippen molar-refractivity contribution in [2.24, 2.45) is 0 Å². The maximum atomic E-state index is 13.0. The lowest BCUT2D eigenvalue weighted by Gasteiger charge is -2.37. The third-order valence-electron chi connectivity index (χ3n) is 4.54. The summed E-state index contributed by atoms with van der Waals surface area (Å²) in [6.07, 6.45) is 0. The molecule has 0 saturated carbocycles. The first-order valence-corrected chi connectivity index (χ1v) is 8.37. The van der Waals surface area contributed by atoms with E-state index in [-0.39, 0.29) is 30.1 Å². The van der Waals surface area contributed by atoms with Crippen LogP contribution in [0.5, 0.6) is 5.75 Å². The quantitative estimate of drug-likeness (QED) is 0.835. The van der Waals surface area contributed by atoms with E-state index in [0.29, 0.717) is 24.2 Å². The Balaban J connectivity index is 0.00000243. The molecule has 2 aromatic rings. The zero-order valence-corrected chi connectivity index (χ0v) is 15.7. The van der Waals surface area contributed by atoms with Crippen molar-refractivity contribution in [3.05, 3.63) is 65.2 Å². The average molecular weight is 375 g/mol. The number of carbonyl (C=O) groups is 2. The van der Waals surface area contributed by atoms with Crippen LogP contribution >= 0.6 is 12.4 Å². The third kappa shape index (κ3) is 4.06. The molecule has 1 amide bonds. The van der Waals surface area contributed by atoms with Gasteiger partial charge in [-0.2, -0.15) is 0 Å². The van der Waals surface area contributed by atoms with Crippen molar-refractivity contribution < 1.29 is 14.3 Å². The van der Waals surface area contributed by atoms with Gasteiger partial charge in [0.05, 0.1) is 13.2 Å². The van der Waals surface area contributed by atoms with Gasteiger partial charge in [0.25, 0.3) is 5.91 Å². The highest BCUT2D eigenvalue weighted by Gasteiger charge is 2.30. The molecule has 3 rings (SSSR count). The number of hydrogen-bond acceptors (Lipinski definition) is 4. The van der Waals surface area contributed by atoms with Gasteiger partial charge < -0.3 is 15.0 Å². The predicted molar refractivity (Wildman–Crippen MR) is 103 cm³/mol. The Morgan fingerprint density at radius 2 is 1.73 bits per heavy atom. The summed E-state index contributed by atoms with van der Waals surface area (Å²) in [7, 11) is 1.64. The Morgan fingerprint density at radius 1 is 1.08 bits per heavy atom. The second-order valence-electron chi connectivity index (χ2n) is 6.09. The lowest BCUT2D eigenvalue weighted by molar-refractivity contribution is 0.0631. The summed E-state index contributed by atoms with van der Waals surface area (Å²) in [5.74, 6) is 0.738. The van der Waals surface area contributed by atoms with Crippen molar-refractivity contribution in [1.29, 1.82) is 0 Å². The van der Waals surface area contributed by atoms with Crippen molar-refractivity contribution in [3.63, 3.8) is 0 Å². The normalized spacial score (nSPS) is 16.5. The topological polar surface area (TPSA) is 58.6 Å². The van der Waals surface area contributed by atoms with Gasteiger partial charge in [-0.15, -0.1) is 12.4 Å². The molecular formula is C20H23ClN2O3. The fraction of sp³-hybridized carbons (Fsp3) is 0.300. The molecule has 1 N–H and O–H groups in total. The molecule has 2 aromatic carbocycles. The molecule has 1 aliphatic rings.